The van der Waals surface area contributed by atoms with Gasteiger partial charge >= 0.3 is 18.2 Å². The molecule has 5 nitrogen and oxygen atoms in total. The van der Waals surface area contributed by atoms with Gasteiger partial charge in [-0.25, -0.2) is 4.79 Å². The Labute approximate surface area is 142 Å². The molecule has 3 rings (SSSR count). The van der Waals surface area contributed by atoms with Gasteiger partial charge in [-0.3, -0.25) is 4.79 Å². The van der Waals surface area contributed by atoms with Gasteiger partial charge in [0.15, 0.2) is 0 Å². The molecule has 2 amide bonds. The van der Waals surface area contributed by atoms with Gasteiger partial charge in [-0.1, -0.05) is 12.1 Å². The van der Waals surface area contributed by atoms with E-state index in [9.17, 15) is 22.8 Å². The SMILES string of the molecule is O=C(O)C1CCN(C(=O)NC(c2cccc(C(F)(F)F)c2)C2CC2)C1. The number of rotatable bonds is 4. The Morgan fingerprint density at radius 2 is 1.96 bits per heavy atom. The number of hydrogen-bond donors (Lipinski definition) is 2. The van der Waals surface area contributed by atoms with Crippen LogP contribution >= 0.6 is 0 Å². The Bertz CT molecular complexity index is 673. The van der Waals surface area contributed by atoms with Gasteiger partial charge in [0.05, 0.1) is 17.5 Å². The first-order chi connectivity index (χ1) is 11.8. The number of carboxylic acid groups (broad SMARTS) is 1. The van der Waals surface area contributed by atoms with E-state index in [4.69, 9.17) is 5.11 Å². The van der Waals surface area contributed by atoms with Crippen molar-refractivity contribution < 1.29 is 27.9 Å². The monoisotopic (exact) mass is 356 g/mol. The first-order valence-electron chi connectivity index (χ1n) is 8.21. The van der Waals surface area contributed by atoms with Gasteiger partial charge in [0, 0.05) is 13.1 Å². The van der Waals surface area contributed by atoms with Crippen LogP contribution in [-0.2, 0) is 11.0 Å². The van der Waals surface area contributed by atoms with E-state index in [1.165, 1.54) is 11.0 Å². The number of urea groups is 1. The van der Waals surface area contributed by atoms with Crippen molar-refractivity contribution in [1.82, 2.24) is 10.2 Å². The molecule has 1 aliphatic heterocycles. The summed E-state index contributed by atoms with van der Waals surface area (Å²) >= 11 is 0. The van der Waals surface area contributed by atoms with Gasteiger partial charge in [0.1, 0.15) is 0 Å². The number of carbonyl (C=O) groups is 2. The third-order valence-corrected chi connectivity index (χ3v) is 4.77. The van der Waals surface area contributed by atoms with Crippen molar-refractivity contribution in [3.05, 3.63) is 35.4 Å². The predicted molar refractivity (Wildman–Crippen MR) is 82.8 cm³/mol. The number of carboxylic acids is 1. The van der Waals surface area contributed by atoms with Gasteiger partial charge in [0.2, 0.25) is 0 Å². The van der Waals surface area contributed by atoms with Gasteiger partial charge in [-0.05, 0) is 42.9 Å². The summed E-state index contributed by atoms with van der Waals surface area (Å²) in [6.45, 7) is 0.462. The average molecular weight is 356 g/mol. The summed E-state index contributed by atoms with van der Waals surface area (Å²) in [5.74, 6) is -1.41. The van der Waals surface area contributed by atoms with E-state index in [1.807, 2.05) is 0 Å². The third-order valence-electron chi connectivity index (χ3n) is 4.77. The molecule has 0 bridgehead atoms. The number of alkyl halides is 3. The number of nitrogens with zero attached hydrogens (tertiary/aromatic N) is 1. The Hall–Kier alpha value is -2.25. The zero-order valence-corrected chi connectivity index (χ0v) is 13.4. The minimum atomic E-state index is -4.43. The number of nitrogens with one attached hydrogen (secondary N) is 1. The topological polar surface area (TPSA) is 69.6 Å². The van der Waals surface area contributed by atoms with Crippen LogP contribution in [0.2, 0.25) is 0 Å². The maximum atomic E-state index is 12.9. The second-order valence-corrected chi connectivity index (χ2v) is 6.66. The van der Waals surface area contributed by atoms with Crippen molar-refractivity contribution in [3.8, 4) is 0 Å². The van der Waals surface area contributed by atoms with Crippen LogP contribution in [0.4, 0.5) is 18.0 Å². The molecule has 1 aromatic carbocycles. The quantitative estimate of drug-likeness (QED) is 0.870. The first kappa shape index (κ1) is 17.6. The lowest BCUT2D eigenvalue weighted by Crippen LogP contribution is -2.41. The second-order valence-electron chi connectivity index (χ2n) is 6.66. The lowest BCUT2D eigenvalue weighted by atomic mass is 10.00. The number of carbonyl (C=O) groups excluding carboxylic acids is 1. The van der Waals surface area contributed by atoms with E-state index in [2.05, 4.69) is 5.32 Å². The molecule has 2 aliphatic rings. The summed E-state index contributed by atoms with van der Waals surface area (Å²) in [4.78, 5) is 24.8. The molecule has 25 heavy (non-hydrogen) atoms. The highest BCUT2D eigenvalue weighted by Gasteiger charge is 2.38. The zero-order chi connectivity index (χ0) is 18.2. The number of likely N-dealkylation sites (tertiary alicyclic amines) is 1. The van der Waals surface area contributed by atoms with E-state index in [1.54, 1.807) is 6.07 Å². The van der Waals surface area contributed by atoms with E-state index in [0.29, 0.717) is 18.5 Å². The van der Waals surface area contributed by atoms with E-state index in [-0.39, 0.29) is 12.5 Å². The standard InChI is InChI=1S/C17H19F3N2O3/c18-17(19,20)13-3-1-2-11(8-13)14(10-4-5-10)21-16(25)22-7-6-12(9-22)15(23)24/h1-3,8,10,12,14H,4-7,9H2,(H,21,25)(H,23,24). The lowest BCUT2D eigenvalue weighted by Gasteiger charge is -2.24. The molecule has 1 saturated carbocycles. The van der Waals surface area contributed by atoms with Gasteiger partial charge in [-0.2, -0.15) is 13.2 Å². The van der Waals surface area contributed by atoms with Crippen LogP contribution in [0.1, 0.15) is 36.4 Å². The molecule has 1 aromatic rings. The van der Waals surface area contributed by atoms with Crippen molar-refractivity contribution in [2.45, 2.75) is 31.5 Å². The molecule has 0 radical (unpaired) electrons. The predicted octanol–water partition coefficient (Wildman–Crippen LogP) is 3.27. The zero-order valence-electron chi connectivity index (χ0n) is 13.4. The molecular weight excluding hydrogens is 337 g/mol. The van der Waals surface area contributed by atoms with E-state index < -0.39 is 35.7 Å². The fourth-order valence-electron chi connectivity index (χ4n) is 3.18. The maximum Gasteiger partial charge on any atom is 0.416 e. The third kappa shape index (κ3) is 4.05. The second kappa shape index (κ2) is 6.57. The molecule has 136 valence electrons. The van der Waals surface area contributed by atoms with E-state index >= 15 is 0 Å². The normalized spacial score (nSPS) is 21.9. The minimum absolute atomic E-state index is 0.116. The summed E-state index contributed by atoms with van der Waals surface area (Å²) in [5.41, 5.74) is -0.309. The van der Waals surface area contributed by atoms with E-state index in [0.717, 1.165) is 25.0 Å². The number of benzene rings is 1. The van der Waals surface area contributed by atoms with Gasteiger partial charge in [-0.15, -0.1) is 0 Å². The Balaban J connectivity index is 1.72. The Kier molecular flexibility index (Phi) is 4.62. The molecular formula is C17H19F3N2O3. The van der Waals surface area contributed by atoms with Crippen molar-refractivity contribution in [2.24, 2.45) is 11.8 Å². The number of hydrogen-bond acceptors (Lipinski definition) is 2. The lowest BCUT2D eigenvalue weighted by molar-refractivity contribution is -0.141. The molecule has 1 aliphatic carbocycles. The molecule has 2 atom stereocenters. The molecule has 1 saturated heterocycles. The fraction of sp³-hybridized carbons (Fsp3) is 0.529. The van der Waals surface area contributed by atoms with Crippen molar-refractivity contribution in [2.75, 3.05) is 13.1 Å². The number of halogens is 3. The molecule has 0 spiro atoms. The highest BCUT2D eigenvalue weighted by atomic mass is 19.4. The molecule has 1 heterocycles. The summed E-state index contributed by atoms with van der Waals surface area (Å²) in [7, 11) is 0. The number of amides is 2. The van der Waals surface area contributed by atoms with Crippen LogP contribution in [0.25, 0.3) is 0 Å². The molecule has 2 N–H and O–H groups in total. The Morgan fingerprint density at radius 3 is 2.52 bits per heavy atom. The van der Waals surface area contributed by atoms with Gasteiger partial charge < -0.3 is 15.3 Å². The fourth-order valence-corrected chi connectivity index (χ4v) is 3.18. The minimum Gasteiger partial charge on any atom is -0.481 e. The largest absolute Gasteiger partial charge is 0.481 e. The highest BCUT2D eigenvalue weighted by molar-refractivity contribution is 5.77. The van der Waals surface area contributed by atoms with Crippen LogP contribution in [0.5, 0.6) is 0 Å². The summed E-state index contributed by atoms with van der Waals surface area (Å²) in [6.07, 6.45) is -2.35. The Morgan fingerprint density at radius 1 is 1.24 bits per heavy atom. The highest BCUT2D eigenvalue weighted by Crippen LogP contribution is 2.42. The molecule has 8 heteroatoms. The first-order valence-corrected chi connectivity index (χ1v) is 8.21. The van der Waals surface area contributed by atoms with Crippen LogP contribution in [0, 0.1) is 11.8 Å². The summed E-state index contributed by atoms with van der Waals surface area (Å²) < 4.78 is 38.8. The van der Waals surface area contributed by atoms with Gasteiger partial charge in [0.25, 0.3) is 0 Å². The smallest absolute Gasteiger partial charge is 0.416 e. The van der Waals surface area contributed by atoms with Crippen molar-refractivity contribution in [3.63, 3.8) is 0 Å². The van der Waals surface area contributed by atoms with Crippen LogP contribution in [0.3, 0.4) is 0 Å². The molecule has 2 unspecified atom stereocenters. The number of aliphatic carboxylic acids is 1. The average Bonchev–Trinajstić information content (AvgIpc) is 3.26. The van der Waals surface area contributed by atoms with Crippen molar-refractivity contribution in [1.29, 1.82) is 0 Å². The molecule has 0 aromatic heterocycles. The summed E-state index contributed by atoms with van der Waals surface area (Å²) in [5, 5.41) is 11.8. The molecule has 2 fully saturated rings. The van der Waals surface area contributed by atoms with Crippen molar-refractivity contribution >= 4 is 12.0 Å². The van der Waals surface area contributed by atoms with Crippen LogP contribution in [0.15, 0.2) is 24.3 Å². The maximum absolute atomic E-state index is 12.9. The summed E-state index contributed by atoms with van der Waals surface area (Å²) in [6, 6.07) is 4.11. The van der Waals surface area contributed by atoms with Crippen LogP contribution in [-0.4, -0.2) is 35.1 Å². The van der Waals surface area contributed by atoms with Crippen LogP contribution < -0.4 is 5.32 Å².